The second-order valence-electron chi connectivity index (χ2n) is 1.03. The fourth-order valence-electron chi connectivity index (χ4n) is 0. The van der Waals surface area contributed by atoms with E-state index < -0.39 is 15.6 Å². The van der Waals surface area contributed by atoms with E-state index >= 15 is 0 Å². The summed E-state index contributed by atoms with van der Waals surface area (Å²) >= 11 is 0. The van der Waals surface area contributed by atoms with Gasteiger partial charge in [-0.05, 0) is 0 Å². The summed E-state index contributed by atoms with van der Waals surface area (Å²) in [4.78, 5) is 43.1. The molecule has 0 spiro atoms. The topological polar surface area (TPSA) is 191 Å². The fourth-order valence-corrected chi connectivity index (χ4v) is 0. The molecule has 0 saturated carbocycles. The number of rotatable bonds is 0. The Hall–Kier alpha value is 1.82. The Kier molecular flexibility index (Phi) is 18.4. The molecule has 0 unspecified atom stereocenters. The first kappa shape index (κ1) is 23.6. The van der Waals surface area contributed by atoms with Crippen molar-refractivity contribution in [3.05, 3.63) is 0 Å². The van der Waals surface area contributed by atoms with E-state index in [-0.39, 0.29) is 59.0 Å². The molecular formula is H10KNO8P2. The van der Waals surface area contributed by atoms with Gasteiger partial charge in [0.05, 0.1) is 0 Å². The summed E-state index contributed by atoms with van der Waals surface area (Å²) in [5.41, 5.74) is 0. The van der Waals surface area contributed by atoms with Gasteiger partial charge in [0.15, 0.2) is 0 Å². The van der Waals surface area contributed by atoms with Gasteiger partial charge in [0.2, 0.25) is 0 Å². The molecule has 0 aliphatic carbocycles. The first-order valence-electron chi connectivity index (χ1n) is 1.57. The van der Waals surface area contributed by atoms with E-state index in [0.717, 1.165) is 0 Å². The summed E-state index contributed by atoms with van der Waals surface area (Å²) in [6, 6.07) is 0. The molecule has 0 heterocycles. The van der Waals surface area contributed by atoms with Crippen molar-refractivity contribution in [1.29, 1.82) is 0 Å². The predicted octanol–water partition coefficient (Wildman–Crippen LogP) is -4.58. The first-order chi connectivity index (χ1) is 4.00. The fraction of sp³-hybridized carbons (Fsp3) is 0. The molecule has 0 atom stereocenters. The van der Waals surface area contributed by atoms with Crippen molar-refractivity contribution >= 4 is 15.6 Å². The zero-order chi connectivity index (χ0) is 9.00. The monoisotopic (exact) mass is 253 g/mol. The molecule has 0 fully saturated rings. The van der Waals surface area contributed by atoms with Gasteiger partial charge >= 0.3 is 67.0 Å². The van der Waals surface area contributed by atoms with E-state index in [0.29, 0.717) is 0 Å². The number of hydrogen-bond donors (Lipinski definition) is 7. The van der Waals surface area contributed by atoms with Crippen LogP contribution in [0.25, 0.3) is 0 Å². The van der Waals surface area contributed by atoms with E-state index in [1.165, 1.54) is 0 Å². The Morgan fingerprint density at radius 2 is 0.750 bits per heavy atom. The van der Waals surface area contributed by atoms with Crippen LogP contribution in [0.2, 0.25) is 0 Å². The van der Waals surface area contributed by atoms with Gasteiger partial charge in [-0.1, -0.05) is 0 Å². The molecule has 9 nitrogen and oxygen atoms in total. The zero-order valence-corrected chi connectivity index (χ0v) is 11.0. The van der Waals surface area contributed by atoms with Crippen LogP contribution in [0.5, 0.6) is 0 Å². The third-order valence-corrected chi connectivity index (χ3v) is 0. The van der Waals surface area contributed by atoms with Crippen LogP contribution in [-0.2, 0) is 9.13 Å². The van der Waals surface area contributed by atoms with Crippen molar-refractivity contribution in [3.8, 4) is 0 Å². The minimum absolute atomic E-state index is 0. The molecule has 9 N–H and O–H groups in total. The molecule has 0 aromatic heterocycles. The van der Waals surface area contributed by atoms with Crippen LogP contribution in [-0.4, -0.2) is 29.4 Å². The minimum atomic E-state index is -4.64. The van der Waals surface area contributed by atoms with Crippen LogP contribution in [0.15, 0.2) is 0 Å². The van der Waals surface area contributed by atoms with Gasteiger partial charge in [0, 0.05) is 0 Å². The normalized spacial score (nSPS) is 9.83. The van der Waals surface area contributed by atoms with Crippen molar-refractivity contribution in [3.63, 3.8) is 0 Å². The summed E-state index contributed by atoms with van der Waals surface area (Å²) in [6.45, 7) is 0. The third kappa shape index (κ3) is 419. The standard InChI is InChI=1S/K.H3N.2H3O4P.H/c;;2*1-5(2,3)4;/h;1H3;2*(H3,1,2,3,4);/q+1;;;;-1. The Morgan fingerprint density at radius 1 is 0.750 bits per heavy atom. The Morgan fingerprint density at radius 3 is 0.750 bits per heavy atom. The zero-order valence-electron chi connectivity index (χ0n) is 7.10. The summed E-state index contributed by atoms with van der Waals surface area (Å²) in [6.07, 6.45) is 0. The SMILES string of the molecule is N.O=P(O)(O)O.O=P(O)(O)O.[H-].[K+]. The third-order valence-electron chi connectivity index (χ3n) is 0. The molecule has 12 heavy (non-hydrogen) atoms. The van der Waals surface area contributed by atoms with E-state index in [1.807, 2.05) is 0 Å². The second kappa shape index (κ2) is 9.37. The summed E-state index contributed by atoms with van der Waals surface area (Å²) in [5.74, 6) is 0. The van der Waals surface area contributed by atoms with Crippen LogP contribution in [0.4, 0.5) is 0 Å². The van der Waals surface area contributed by atoms with E-state index in [2.05, 4.69) is 0 Å². The Bertz CT molecular complexity index is 134. The molecular weight excluding hydrogens is 243 g/mol. The van der Waals surface area contributed by atoms with E-state index in [4.69, 9.17) is 38.5 Å². The van der Waals surface area contributed by atoms with Crippen LogP contribution < -0.4 is 57.5 Å². The molecule has 0 rings (SSSR count). The van der Waals surface area contributed by atoms with Crippen molar-refractivity contribution < 1.29 is 91.3 Å². The second-order valence-corrected chi connectivity index (χ2v) is 3.08. The minimum Gasteiger partial charge on any atom is -1.00 e. The summed E-state index contributed by atoms with van der Waals surface area (Å²) in [7, 11) is -9.28. The van der Waals surface area contributed by atoms with Gasteiger partial charge in [0.1, 0.15) is 0 Å². The van der Waals surface area contributed by atoms with E-state index in [1.54, 1.807) is 0 Å². The molecule has 0 amide bonds. The molecule has 0 bridgehead atoms. The van der Waals surface area contributed by atoms with Crippen molar-refractivity contribution in [2.24, 2.45) is 0 Å². The van der Waals surface area contributed by atoms with Crippen molar-refractivity contribution in [2.75, 3.05) is 0 Å². The average Bonchev–Trinajstić information content (AvgIpc) is 1.12. The number of phosphoric acid groups is 2. The van der Waals surface area contributed by atoms with Crippen molar-refractivity contribution in [1.82, 2.24) is 6.15 Å². The molecule has 0 aliphatic heterocycles. The predicted molar refractivity (Wildman–Crippen MR) is 34.7 cm³/mol. The Labute approximate surface area is 112 Å². The molecule has 0 aromatic carbocycles. The van der Waals surface area contributed by atoms with Gasteiger partial charge in [-0.2, -0.15) is 0 Å². The molecule has 0 radical (unpaired) electrons. The molecule has 0 aromatic rings. The average molecular weight is 253 g/mol. The Balaban J connectivity index is -0.0000000267. The van der Waals surface area contributed by atoms with E-state index in [9.17, 15) is 0 Å². The smallest absolute Gasteiger partial charge is 1.00 e. The van der Waals surface area contributed by atoms with Crippen LogP contribution in [0.1, 0.15) is 1.43 Å². The number of hydrogen-bond acceptors (Lipinski definition) is 3. The quantitative estimate of drug-likeness (QED) is 0.164. The maximum absolute atomic E-state index is 8.88. The van der Waals surface area contributed by atoms with Crippen LogP contribution in [0.3, 0.4) is 0 Å². The molecule has 0 aliphatic rings. The first-order valence-corrected chi connectivity index (χ1v) is 4.70. The van der Waals surface area contributed by atoms with Crippen LogP contribution >= 0.6 is 15.6 Å². The van der Waals surface area contributed by atoms with Gasteiger partial charge in [-0.25, -0.2) is 9.13 Å². The largest absolute Gasteiger partial charge is 1.00 e. The van der Waals surface area contributed by atoms with Gasteiger partial charge in [-0.15, -0.1) is 0 Å². The van der Waals surface area contributed by atoms with Gasteiger partial charge in [-0.3, -0.25) is 0 Å². The molecule has 0 saturated heterocycles. The summed E-state index contributed by atoms with van der Waals surface area (Å²) < 4.78 is 17.8. The maximum Gasteiger partial charge on any atom is 1.00 e. The maximum atomic E-state index is 8.88. The van der Waals surface area contributed by atoms with Gasteiger partial charge < -0.3 is 36.9 Å². The summed E-state index contributed by atoms with van der Waals surface area (Å²) in [5, 5.41) is 0. The molecule has 74 valence electrons. The van der Waals surface area contributed by atoms with Crippen molar-refractivity contribution in [2.45, 2.75) is 0 Å². The van der Waals surface area contributed by atoms with Gasteiger partial charge in [0.25, 0.3) is 0 Å². The van der Waals surface area contributed by atoms with Crippen LogP contribution in [0, 0.1) is 0 Å². The molecule has 12 heteroatoms.